The molecule has 0 saturated carbocycles. The van der Waals surface area contributed by atoms with Crippen LogP contribution in [0.4, 0.5) is 0 Å². The van der Waals surface area contributed by atoms with Gasteiger partial charge in [-0.05, 0) is 94.6 Å². The van der Waals surface area contributed by atoms with Gasteiger partial charge in [-0.2, -0.15) is 0 Å². The number of hydrogen-bond acceptors (Lipinski definition) is 12. The molecule has 15 nitrogen and oxygen atoms in total. The Morgan fingerprint density at radius 1 is 0.864 bits per heavy atom. The number of amides is 1. The van der Waals surface area contributed by atoms with Crippen molar-refractivity contribution < 1.29 is 31.9 Å². The molecule has 314 valence electrons. The Balaban J connectivity index is 0.860. The SMILES string of the molecule is COc1ccc2c(c1)C(c1ccc(Cl)cc1)=N[C@@H](CC(=O)NCCCOCCOCCCNCCNS(=O)(=O)c1cc(-c3c(C)noc3C)ccc1C)c1nnc(C)n1-2. The van der Waals surface area contributed by atoms with Gasteiger partial charge in [0.05, 0.1) is 48.7 Å². The number of nitrogens with one attached hydrogen (secondary N) is 3. The molecule has 0 bridgehead atoms. The molecule has 17 heteroatoms. The molecule has 0 fully saturated rings. The summed E-state index contributed by atoms with van der Waals surface area (Å²) in [6, 6.07) is 18.0. The Morgan fingerprint density at radius 3 is 2.31 bits per heavy atom. The number of rotatable bonds is 21. The molecule has 5 aromatic rings. The smallest absolute Gasteiger partial charge is 0.240 e. The number of sulfonamides is 1. The first-order valence-corrected chi connectivity index (χ1v) is 21.4. The number of benzene rings is 3. The van der Waals surface area contributed by atoms with Gasteiger partial charge in [-0.1, -0.05) is 41.0 Å². The summed E-state index contributed by atoms with van der Waals surface area (Å²) in [5.74, 6) is 2.43. The average Bonchev–Trinajstić information content (AvgIpc) is 3.73. The molecule has 59 heavy (non-hydrogen) atoms. The van der Waals surface area contributed by atoms with Crippen molar-refractivity contribution in [2.75, 3.05) is 59.7 Å². The van der Waals surface area contributed by atoms with Crippen LogP contribution < -0.4 is 20.1 Å². The van der Waals surface area contributed by atoms with Gasteiger partial charge < -0.3 is 29.4 Å². The van der Waals surface area contributed by atoms with E-state index in [2.05, 4.69) is 30.7 Å². The maximum absolute atomic E-state index is 13.2. The second-order valence-corrected chi connectivity index (χ2v) is 16.3. The van der Waals surface area contributed by atoms with Gasteiger partial charge in [0, 0.05) is 54.6 Å². The number of carbonyl (C=O) groups excluding carboxylic acids is 1. The largest absolute Gasteiger partial charge is 0.497 e. The zero-order valence-corrected chi connectivity index (χ0v) is 35.6. The lowest BCUT2D eigenvalue weighted by Gasteiger charge is -2.14. The van der Waals surface area contributed by atoms with Crippen molar-refractivity contribution in [3.8, 4) is 22.6 Å². The quantitative estimate of drug-likeness (QED) is 0.0782. The highest BCUT2D eigenvalue weighted by Gasteiger charge is 2.30. The van der Waals surface area contributed by atoms with Crippen LogP contribution in [0.2, 0.25) is 5.02 Å². The summed E-state index contributed by atoms with van der Waals surface area (Å²) in [6.45, 7) is 11.0. The van der Waals surface area contributed by atoms with Crippen molar-refractivity contribution in [1.82, 2.24) is 35.3 Å². The fourth-order valence-corrected chi connectivity index (χ4v) is 8.29. The van der Waals surface area contributed by atoms with Crippen molar-refractivity contribution >= 4 is 33.2 Å². The van der Waals surface area contributed by atoms with Crippen molar-refractivity contribution in [2.24, 2.45) is 4.99 Å². The number of aryl methyl sites for hydroxylation is 4. The summed E-state index contributed by atoms with van der Waals surface area (Å²) >= 11 is 6.21. The van der Waals surface area contributed by atoms with Crippen LogP contribution in [0.15, 0.2) is 75.1 Å². The Hall–Kier alpha value is -4.97. The first kappa shape index (κ1) is 43.6. The first-order valence-electron chi connectivity index (χ1n) is 19.6. The van der Waals surface area contributed by atoms with E-state index in [0.717, 1.165) is 34.4 Å². The number of methoxy groups -OCH3 is 1. The van der Waals surface area contributed by atoms with Gasteiger partial charge in [0.25, 0.3) is 0 Å². The minimum Gasteiger partial charge on any atom is -0.497 e. The van der Waals surface area contributed by atoms with E-state index in [-0.39, 0.29) is 23.8 Å². The van der Waals surface area contributed by atoms with E-state index in [9.17, 15) is 13.2 Å². The number of aromatic nitrogens is 4. The van der Waals surface area contributed by atoms with Crippen LogP contribution in [-0.4, -0.2) is 99.7 Å². The van der Waals surface area contributed by atoms with Gasteiger partial charge in [-0.15, -0.1) is 10.2 Å². The fraction of sp³-hybridized carbons (Fsp3) is 0.405. The predicted octanol–water partition coefficient (Wildman–Crippen LogP) is 5.60. The van der Waals surface area contributed by atoms with Gasteiger partial charge in [-0.3, -0.25) is 14.4 Å². The van der Waals surface area contributed by atoms with Crippen molar-refractivity contribution in [3.05, 3.63) is 105 Å². The molecule has 1 amide bonds. The van der Waals surface area contributed by atoms with Crippen LogP contribution in [-0.2, 0) is 24.3 Å². The molecule has 1 aliphatic rings. The van der Waals surface area contributed by atoms with Gasteiger partial charge in [0.15, 0.2) is 5.82 Å². The summed E-state index contributed by atoms with van der Waals surface area (Å²) in [5, 5.41) is 19.6. The molecule has 0 aliphatic carbocycles. The topological polar surface area (TPSA) is 184 Å². The van der Waals surface area contributed by atoms with E-state index in [1.165, 1.54) is 0 Å². The Bertz CT molecular complexity index is 2340. The minimum absolute atomic E-state index is 0.0821. The van der Waals surface area contributed by atoms with Crippen LogP contribution in [0.5, 0.6) is 5.75 Å². The standard InChI is InChI=1S/C42H51ClN8O7S/c1-27-8-9-32(40-28(2)50-58-29(40)3)24-38(27)59(53,54)46-19-18-44-16-6-20-56-22-23-57-21-7-17-45-39(52)26-36-42-49-48-30(4)51(42)37-15-14-34(55-5)25-35(37)41(47-36)31-10-12-33(43)13-11-31/h8-15,24-25,36,44,46H,6-7,16-23,26H2,1-5H3,(H,45,52)/t36-/m0/s1. The second-order valence-electron chi connectivity index (χ2n) is 14.1. The van der Waals surface area contributed by atoms with E-state index in [1.54, 1.807) is 26.2 Å². The number of aliphatic imine (C=N–C) groups is 1. The Morgan fingerprint density at radius 2 is 1.59 bits per heavy atom. The van der Waals surface area contributed by atoms with Crippen molar-refractivity contribution in [2.45, 2.75) is 57.9 Å². The van der Waals surface area contributed by atoms with Crippen LogP contribution in [0.3, 0.4) is 0 Å². The molecule has 0 radical (unpaired) electrons. The highest BCUT2D eigenvalue weighted by molar-refractivity contribution is 7.89. The third kappa shape index (κ3) is 11.0. The van der Waals surface area contributed by atoms with Gasteiger partial charge in [0.1, 0.15) is 23.4 Å². The molecule has 2 aromatic heterocycles. The number of carbonyl (C=O) groups is 1. The number of fused-ring (bicyclic) bond motifs is 3. The van der Waals surface area contributed by atoms with E-state index in [1.807, 2.05) is 73.9 Å². The number of nitrogens with zero attached hydrogens (tertiary/aromatic N) is 5. The number of hydrogen-bond donors (Lipinski definition) is 3. The normalized spacial score (nSPS) is 13.7. The van der Waals surface area contributed by atoms with E-state index in [0.29, 0.717) is 97.6 Å². The zero-order chi connectivity index (χ0) is 41.9. The van der Waals surface area contributed by atoms with Crippen LogP contribution in [0, 0.1) is 27.7 Å². The summed E-state index contributed by atoms with van der Waals surface area (Å²) in [6.07, 6.45) is 1.48. The summed E-state index contributed by atoms with van der Waals surface area (Å²) in [4.78, 5) is 18.6. The maximum atomic E-state index is 13.2. The molecular formula is C42H51ClN8O7S. The molecule has 3 aromatic carbocycles. The second kappa shape index (κ2) is 20.3. The summed E-state index contributed by atoms with van der Waals surface area (Å²) in [7, 11) is -2.09. The lowest BCUT2D eigenvalue weighted by Crippen LogP contribution is -2.32. The average molecular weight is 847 g/mol. The summed E-state index contributed by atoms with van der Waals surface area (Å²) in [5.41, 5.74) is 6.16. The first-order chi connectivity index (χ1) is 28.5. The lowest BCUT2D eigenvalue weighted by atomic mass is 10.00. The molecule has 0 saturated heterocycles. The van der Waals surface area contributed by atoms with Gasteiger partial charge >= 0.3 is 0 Å². The molecule has 1 atom stereocenters. The molecule has 6 rings (SSSR count). The van der Waals surface area contributed by atoms with E-state index >= 15 is 0 Å². The van der Waals surface area contributed by atoms with E-state index < -0.39 is 16.1 Å². The highest BCUT2D eigenvalue weighted by atomic mass is 35.5. The lowest BCUT2D eigenvalue weighted by molar-refractivity contribution is -0.121. The number of ether oxygens (including phenoxy) is 3. The molecule has 0 unspecified atom stereocenters. The van der Waals surface area contributed by atoms with Crippen molar-refractivity contribution in [3.63, 3.8) is 0 Å². The minimum atomic E-state index is -3.71. The highest BCUT2D eigenvalue weighted by Crippen LogP contribution is 2.35. The third-order valence-corrected chi connectivity index (χ3v) is 11.7. The predicted molar refractivity (Wildman–Crippen MR) is 225 cm³/mol. The Labute approximate surface area is 349 Å². The monoisotopic (exact) mass is 846 g/mol. The zero-order valence-electron chi connectivity index (χ0n) is 34.0. The van der Waals surface area contributed by atoms with Crippen LogP contribution in [0.1, 0.15) is 65.1 Å². The maximum Gasteiger partial charge on any atom is 0.240 e. The van der Waals surface area contributed by atoms with Gasteiger partial charge in [0.2, 0.25) is 15.9 Å². The number of halogens is 1. The van der Waals surface area contributed by atoms with E-state index in [4.69, 9.17) is 35.3 Å². The Kier molecular flexibility index (Phi) is 15.0. The van der Waals surface area contributed by atoms with Crippen LogP contribution >= 0.6 is 11.6 Å². The molecule has 0 spiro atoms. The fourth-order valence-electron chi connectivity index (χ4n) is 6.86. The molecule has 1 aliphatic heterocycles. The molecular weight excluding hydrogens is 796 g/mol. The summed E-state index contributed by atoms with van der Waals surface area (Å²) < 4.78 is 53.0. The molecule has 3 N–H and O–H groups in total. The third-order valence-electron chi connectivity index (χ3n) is 9.82. The van der Waals surface area contributed by atoms with Crippen LogP contribution in [0.25, 0.3) is 16.8 Å². The van der Waals surface area contributed by atoms with Gasteiger partial charge in [-0.25, -0.2) is 13.1 Å². The molecule has 3 heterocycles. The van der Waals surface area contributed by atoms with Crippen molar-refractivity contribution in [1.29, 1.82) is 0 Å².